The van der Waals surface area contributed by atoms with Crippen molar-refractivity contribution in [3.8, 4) is 5.75 Å². The molecule has 1 fully saturated rings. The van der Waals surface area contributed by atoms with Crippen molar-refractivity contribution in [1.82, 2.24) is 9.80 Å². The quantitative estimate of drug-likeness (QED) is 0.792. The first kappa shape index (κ1) is 18.2. The summed E-state index contributed by atoms with van der Waals surface area (Å²) in [7, 11) is 0. The number of piperazine rings is 1. The molecule has 0 radical (unpaired) electrons. The van der Waals surface area contributed by atoms with Gasteiger partial charge in [-0.1, -0.05) is 12.1 Å². The van der Waals surface area contributed by atoms with Gasteiger partial charge in [-0.2, -0.15) is 0 Å². The predicted molar refractivity (Wildman–Crippen MR) is 103 cm³/mol. The predicted octanol–water partition coefficient (Wildman–Crippen LogP) is 2.37. The molecule has 3 amide bonds. The third-order valence-corrected chi connectivity index (χ3v) is 4.93. The zero-order valence-corrected chi connectivity index (χ0v) is 15.2. The maximum absolute atomic E-state index is 13.0. The molecule has 2 aromatic carbocycles. The molecule has 0 aliphatic carbocycles. The minimum atomic E-state index is -0.354. The molecule has 1 atom stereocenters. The lowest BCUT2D eigenvalue weighted by Gasteiger charge is -2.40. The van der Waals surface area contributed by atoms with Crippen molar-refractivity contribution in [1.29, 1.82) is 0 Å². The Hall–Kier alpha value is -3.13. The van der Waals surface area contributed by atoms with Gasteiger partial charge >= 0.3 is 6.03 Å². The molecule has 1 saturated heterocycles. The number of fused-ring (bicyclic) bond motifs is 2. The minimum Gasteiger partial charge on any atom is -0.490 e. The van der Waals surface area contributed by atoms with Crippen molar-refractivity contribution >= 4 is 23.3 Å². The number of ether oxygens (including phenoxy) is 1. The van der Waals surface area contributed by atoms with Crippen LogP contribution in [0.2, 0.25) is 0 Å². The fourth-order valence-electron chi connectivity index (χ4n) is 3.44. The van der Waals surface area contributed by atoms with E-state index < -0.39 is 0 Å². The molecule has 2 aromatic rings. The number of para-hydroxylation sites is 2. The van der Waals surface area contributed by atoms with Gasteiger partial charge in [-0.25, -0.2) is 9.18 Å². The second-order valence-corrected chi connectivity index (χ2v) is 6.86. The SMILES string of the molecule is O=C1CN2CCN(C(=O)Nc3ccc(F)cc3)C[C@@H]2COc2ccccc2N1. The number of benzene rings is 2. The minimum absolute atomic E-state index is 0.104. The van der Waals surface area contributed by atoms with Gasteiger partial charge in [-0.15, -0.1) is 0 Å². The molecule has 0 aromatic heterocycles. The van der Waals surface area contributed by atoms with E-state index in [9.17, 15) is 14.0 Å². The molecule has 2 aliphatic heterocycles. The number of urea groups is 1. The van der Waals surface area contributed by atoms with Crippen LogP contribution in [-0.2, 0) is 4.79 Å². The fourth-order valence-corrected chi connectivity index (χ4v) is 3.44. The lowest BCUT2D eigenvalue weighted by molar-refractivity contribution is -0.118. The maximum atomic E-state index is 13.0. The van der Waals surface area contributed by atoms with Crippen LogP contribution in [0.5, 0.6) is 5.75 Å². The Morgan fingerprint density at radius 1 is 1.14 bits per heavy atom. The Morgan fingerprint density at radius 2 is 1.93 bits per heavy atom. The lowest BCUT2D eigenvalue weighted by Crippen LogP contribution is -2.58. The molecule has 2 heterocycles. The van der Waals surface area contributed by atoms with E-state index in [1.807, 2.05) is 23.1 Å². The number of halogens is 1. The van der Waals surface area contributed by atoms with E-state index in [0.29, 0.717) is 43.4 Å². The number of hydrogen-bond donors (Lipinski definition) is 2. The number of amides is 3. The van der Waals surface area contributed by atoms with Crippen LogP contribution in [-0.4, -0.2) is 60.6 Å². The van der Waals surface area contributed by atoms with E-state index in [1.54, 1.807) is 11.0 Å². The van der Waals surface area contributed by atoms with Gasteiger partial charge in [0.1, 0.15) is 18.2 Å². The number of hydrogen-bond acceptors (Lipinski definition) is 4. The first-order valence-electron chi connectivity index (χ1n) is 9.16. The number of nitrogens with zero attached hydrogens (tertiary/aromatic N) is 2. The van der Waals surface area contributed by atoms with Gasteiger partial charge in [0.25, 0.3) is 0 Å². The third-order valence-electron chi connectivity index (χ3n) is 4.93. The van der Waals surface area contributed by atoms with E-state index in [4.69, 9.17) is 4.74 Å². The van der Waals surface area contributed by atoms with Gasteiger partial charge in [0, 0.05) is 25.3 Å². The molecule has 8 heteroatoms. The Bertz CT molecular complexity index is 874. The summed E-state index contributed by atoms with van der Waals surface area (Å²) in [5.74, 6) is 0.158. The average Bonchev–Trinajstić information content (AvgIpc) is 2.76. The van der Waals surface area contributed by atoms with Gasteiger partial charge in [0.2, 0.25) is 5.91 Å². The molecular formula is C20H21FN4O3. The molecule has 0 saturated carbocycles. The number of rotatable bonds is 1. The summed E-state index contributed by atoms with van der Waals surface area (Å²) in [6, 6.07) is 12.6. The Balaban J connectivity index is 1.45. The maximum Gasteiger partial charge on any atom is 0.321 e. The highest BCUT2D eigenvalue weighted by atomic mass is 19.1. The van der Waals surface area contributed by atoms with E-state index in [2.05, 4.69) is 10.6 Å². The van der Waals surface area contributed by atoms with Crippen molar-refractivity contribution in [3.05, 3.63) is 54.3 Å². The molecular weight excluding hydrogens is 363 g/mol. The number of anilines is 2. The van der Waals surface area contributed by atoms with Gasteiger partial charge in [-0.05, 0) is 36.4 Å². The summed E-state index contributed by atoms with van der Waals surface area (Å²) in [4.78, 5) is 28.7. The third kappa shape index (κ3) is 4.07. The second-order valence-electron chi connectivity index (χ2n) is 6.86. The van der Waals surface area contributed by atoms with E-state index >= 15 is 0 Å². The summed E-state index contributed by atoms with van der Waals surface area (Å²) in [5, 5.41) is 5.66. The summed E-state index contributed by atoms with van der Waals surface area (Å²) in [6.45, 7) is 2.10. The van der Waals surface area contributed by atoms with Gasteiger partial charge < -0.3 is 20.3 Å². The van der Waals surface area contributed by atoms with Crippen molar-refractivity contribution in [2.45, 2.75) is 6.04 Å². The largest absolute Gasteiger partial charge is 0.490 e. The van der Waals surface area contributed by atoms with Crippen LogP contribution in [0.25, 0.3) is 0 Å². The van der Waals surface area contributed by atoms with Gasteiger partial charge in [0.05, 0.1) is 18.3 Å². The standard InChI is InChI=1S/C20H21FN4O3/c21-14-5-7-15(8-6-14)22-20(27)25-10-9-24-12-19(26)23-17-3-1-2-4-18(17)28-13-16(24)11-25/h1-8,16H,9-13H2,(H,22,27)(H,23,26)/t16-/m1/s1. The zero-order valence-electron chi connectivity index (χ0n) is 15.2. The average molecular weight is 384 g/mol. The highest BCUT2D eigenvalue weighted by Gasteiger charge is 2.32. The normalized spacial score (nSPS) is 19.8. The van der Waals surface area contributed by atoms with E-state index in [-0.39, 0.29) is 30.3 Å². The zero-order chi connectivity index (χ0) is 19.5. The first-order chi connectivity index (χ1) is 13.6. The van der Waals surface area contributed by atoms with Gasteiger partial charge in [-0.3, -0.25) is 9.69 Å². The lowest BCUT2D eigenvalue weighted by atomic mass is 10.1. The molecule has 28 heavy (non-hydrogen) atoms. The Labute approximate surface area is 162 Å². The van der Waals surface area contributed by atoms with Crippen molar-refractivity contribution in [2.75, 3.05) is 43.4 Å². The van der Waals surface area contributed by atoms with Crippen molar-refractivity contribution < 1.29 is 18.7 Å². The number of carbonyl (C=O) groups excluding carboxylic acids is 2. The molecule has 2 aliphatic rings. The monoisotopic (exact) mass is 384 g/mol. The van der Waals surface area contributed by atoms with Crippen molar-refractivity contribution in [2.24, 2.45) is 0 Å². The molecule has 4 rings (SSSR count). The molecule has 7 nitrogen and oxygen atoms in total. The van der Waals surface area contributed by atoms with Crippen LogP contribution in [0, 0.1) is 5.82 Å². The molecule has 2 N–H and O–H groups in total. The summed E-state index contributed by atoms with van der Waals surface area (Å²) < 4.78 is 19.0. The first-order valence-corrected chi connectivity index (χ1v) is 9.16. The van der Waals surface area contributed by atoms with E-state index in [1.165, 1.54) is 24.3 Å². The summed E-state index contributed by atoms with van der Waals surface area (Å²) in [6.07, 6.45) is 0. The summed E-state index contributed by atoms with van der Waals surface area (Å²) >= 11 is 0. The van der Waals surface area contributed by atoms with Gasteiger partial charge in [0.15, 0.2) is 0 Å². The smallest absolute Gasteiger partial charge is 0.321 e. The Kier molecular flexibility index (Phi) is 5.12. The topological polar surface area (TPSA) is 73.9 Å². The highest BCUT2D eigenvalue weighted by Crippen LogP contribution is 2.26. The van der Waals surface area contributed by atoms with E-state index in [0.717, 1.165) is 0 Å². The van der Waals surface area contributed by atoms with Crippen LogP contribution in [0.15, 0.2) is 48.5 Å². The van der Waals surface area contributed by atoms with Crippen LogP contribution >= 0.6 is 0 Å². The molecule has 0 unspecified atom stereocenters. The summed E-state index contributed by atoms with van der Waals surface area (Å²) in [5.41, 5.74) is 1.19. The highest BCUT2D eigenvalue weighted by molar-refractivity contribution is 5.94. The Morgan fingerprint density at radius 3 is 2.75 bits per heavy atom. The van der Waals surface area contributed by atoms with Crippen LogP contribution in [0.3, 0.4) is 0 Å². The van der Waals surface area contributed by atoms with Crippen LogP contribution < -0.4 is 15.4 Å². The number of nitrogens with one attached hydrogen (secondary N) is 2. The molecule has 146 valence electrons. The second kappa shape index (κ2) is 7.85. The van der Waals surface area contributed by atoms with Crippen LogP contribution in [0.4, 0.5) is 20.6 Å². The molecule has 0 spiro atoms. The fraction of sp³-hybridized carbons (Fsp3) is 0.300. The molecule has 0 bridgehead atoms. The number of carbonyl (C=O) groups is 2. The van der Waals surface area contributed by atoms with Crippen LogP contribution in [0.1, 0.15) is 0 Å². The van der Waals surface area contributed by atoms with Crippen molar-refractivity contribution in [3.63, 3.8) is 0 Å².